The SMILES string of the molecule is C[C@@H]1[C@@H]2CC(=O)O[C@]2(C(=O)O)N2C(=O)[C@@H](NC(=O)/C(=N\OCC(=O)O)c3csc(N)n3)[C@H]2[S@]1=O. The fraction of sp³-hybridized carbons (Fsp3) is 0.471. The van der Waals surface area contributed by atoms with Gasteiger partial charge in [-0.1, -0.05) is 12.1 Å². The number of carboxylic acids is 2. The first-order chi connectivity index (χ1) is 16.0. The normalized spacial score (nSPS) is 32.2. The predicted octanol–water partition coefficient (Wildman–Crippen LogP) is -2.32. The van der Waals surface area contributed by atoms with E-state index in [1.165, 1.54) is 12.3 Å². The van der Waals surface area contributed by atoms with E-state index < -0.39 is 81.1 Å². The molecule has 4 heterocycles. The molecule has 3 aliphatic heterocycles. The number of thiazole rings is 1. The highest BCUT2D eigenvalue weighted by molar-refractivity contribution is 7.86. The van der Waals surface area contributed by atoms with Crippen molar-refractivity contribution in [1.82, 2.24) is 15.2 Å². The van der Waals surface area contributed by atoms with Gasteiger partial charge in [0.15, 0.2) is 10.8 Å². The summed E-state index contributed by atoms with van der Waals surface area (Å²) in [5, 5.41) is 23.6. The van der Waals surface area contributed by atoms with Crippen LogP contribution in [0.15, 0.2) is 10.5 Å². The zero-order valence-corrected chi connectivity index (χ0v) is 18.8. The van der Waals surface area contributed by atoms with Gasteiger partial charge >= 0.3 is 17.9 Å². The molecule has 3 aliphatic rings. The molecule has 15 nitrogen and oxygen atoms in total. The molecule has 0 aliphatic carbocycles. The number of carbonyl (C=O) groups is 5. The smallest absolute Gasteiger partial charge is 0.370 e. The minimum atomic E-state index is -2.32. The van der Waals surface area contributed by atoms with Crippen LogP contribution in [0.25, 0.3) is 0 Å². The van der Waals surface area contributed by atoms with Crippen LogP contribution in [0.2, 0.25) is 0 Å². The lowest BCUT2D eigenvalue weighted by Gasteiger charge is -2.57. The number of nitrogen functional groups attached to an aromatic ring is 1. The molecular weight excluding hydrogens is 498 g/mol. The number of hydrogen-bond donors (Lipinski definition) is 4. The average molecular weight is 515 g/mol. The Morgan fingerprint density at radius 3 is 2.74 bits per heavy atom. The number of rotatable bonds is 7. The molecule has 0 unspecified atom stereocenters. The van der Waals surface area contributed by atoms with Gasteiger partial charge in [-0.3, -0.25) is 23.5 Å². The molecule has 3 saturated heterocycles. The summed E-state index contributed by atoms with van der Waals surface area (Å²) in [7, 11) is -1.86. The van der Waals surface area contributed by atoms with Crippen molar-refractivity contribution in [2.75, 3.05) is 12.3 Å². The van der Waals surface area contributed by atoms with E-state index in [1.807, 2.05) is 0 Å². The van der Waals surface area contributed by atoms with Gasteiger partial charge in [-0.2, -0.15) is 0 Å². The maximum Gasteiger partial charge on any atom is 0.370 e. The Labute approximate surface area is 196 Å². The first-order valence-electron chi connectivity index (χ1n) is 9.60. The summed E-state index contributed by atoms with van der Waals surface area (Å²) < 4.78 is 18.2. The molecule has 17 heteroatoms. The van der Waals surface area contributed by atoms with E-state index in [9.17, 15) is 33.3 Å². The van der Waals surface area contributed by atoms with Gasteiger partial charge in [0.1, 0.15) is 17.1 Å². The Hall–Kier alpha value is -3.60. The molecule has 0 radical (unpaired) electrons. The first kappa shape index (κ1) is 23.6. The number of oxime groups is 1. The van der Waals surface area contributed by atoms with Gasteiger partial charge in [-0.05, 0) is 0 Å². The van der Waals surface area contributed by atoms with Gasteiger partial charge in [0.05, 0.1) is 23.1 Å². The van der Waals surface area contributed by atoms with Crippen LogP contribution in [0.3, 0.4) is 0 Å². The largest absolute Gasteiger partial charge is 0.479 e. The molecule has 182 valence electrons. The van der Waals surface area contributed by atoms with Crippen molar-refractivity contribution in [3.05, 3.63) is 11.1 Å². The Bertz CT molecular complexity index is 1170. The fourth-order valence-electron chi connectivity index (χ4n) is 4.16. The number of nitrogens with one attached hydrogen (secondary N) is 1. The van der Waals surface area contributed by atoms with E-state index in [2.05, 4.69) is 20.3 Å². The molecule has 4 rings (SSSR count). The van der Waals surface area contributed by atoms with Crippen LogP contribution >= 0.6 is 11.3 Å². The number of aliphatic carboxylic acids is 2. The molecule has 3 fully saturated rings. The van der Waals surface area contributed by atoms with Crippen LogP contribution in [0.1, 0.15) is 19.0 Å². The van der Waals surface area contributed by atoms with Crippen molar-refractivity contribution in [3.63, 3.8) is 0 Å². The highest BCUT2D eigenvalue weighted by Gasteiger charge is 2.75. The summed E-state index contributed by atoms with van der Waals surface area (Å²) in [6.45, 7) is 0.606. The molecule has 6 atom stereocenters. The summed E-state index contributed by atoms with van der Waals surface area (Å²) in [6, 6.07) is -1.44. The van der Waals surface area contributed by atoms with Crippen LogP contribution in [0, 0.1) is 5.92 Å². The van der Waals surface area contributed by atoms with Gasteiger partial charge in [-0.15, -0.1) is 11.3 Å². The molecule has 5 N–H and O–H groups in total. The number of esters is 1. The monoisotopic (exact) mass is 515 g/mol. The van der Waals surface area contributed by atoms with Gasteiger partial charge < -0.3 is 30.8 Å². The maximum atomic E-state index is 13.1. The number of nitrogens with two attached hydrogens (primary N) is 1. The molecular formula is C17H17N5O10S2. The van der Waals surface area contributed by atoms with Crippen molar-refractivity contribution in [1.29, 1.82) is 0 Å². The highest BCUT2D eigenvalue weighted by Crippen LogP contribution is 2.50. The van der Waals surface area contributed by atoms with Crippen molar-refractivity contribution in [3.8, 4) is 0 Å². The van der Waals surface area contributed by atoms with Crippen LogP contribution in [-0.2, 0) is 44.3 Å². The fourth-order valence-corrected chi connectivity index (χ4v) is 6.67. The lowest BCUT2D eigenvalue weighted by Crippen LogP contribution is -2.84. The molecule has 1 aromatic rings. The van der Waals surface area contributed by atoms with E-state index in [0.29, 0.717) is 0 Å². The van der Waals surface area contributed by atoms with Crippen LogP contribution < -0.4 is 11.1 Å². The van der Waals surface area contributed by atoms with Gasteiger partial charge in [0, 0.05) is 10.6 Å². The van der Waals surface area contributed by atoms with Gasteiger partial charge in [0.2, 0.25) is 6.61 Å². The molecule has 0 saturated carbocycles. The molecule has 0 bridgehead atoms. The number of fused-ring (bicyclic) bond motifs is 3. The number of carboxylic acid groups (broad SMARTS) is 2. The number of hydrogen-bond acceptors (Lipinski definition) is 12. The Kier molecular flexibility index (Phi) is 5.76. The molecule has 34 heavy (non-hydrogen) atoms. The topological polar surface area (TPSA) is 228 Å². The third kappa shape index (κ3) is 3.47. The lowest BCUT2D eigenvalue weighted by molar-refractivity contribution is -0.218. The summed E-state index contributed by atoms with van der Waals surface area (Å²) in [6.07, 6.45) is -0.324. The quantitative estimate of drug-likeness (QED) is 0.130. The van der Waals surface area contributed by atoms with Crippen LogP contribution in [0.4, 0.5) is 5.13 Å². The van der Waals surface area contributed by atoms with Gasteiger partial charge in [-0.25, -0.2) is 14.6 Å². The van der Waals surface area contributed by atoms with Crippen molar-refractivity contribution in [2.45, 2.75) is 35.7 Å². The lowest BCUT2D eigenvalue weighted by atomic mass is 9.86. The zero-order chi connectivity index (χ0) is 24.9. The third-order valence-corrected chi connectivity index (χ3v) is 8.34. The second-order valence-electron chi connectivity index (χ2n) is 7.55. The zero-order valence-electron chi connectivity index (χ0n) is 17.2. The summed E-state index contributed by atoms with van der Waals surface area (Å²) in [4.78, 5) is 69.9. The first-order valence-corrected chi connectivity index (χ1v) is 11.8. The minimum Gasteiger partial charge on any atom is -0.479 e. The standard InChI is InChI=1S/C17H17N5O10S2/c1-5-6-2-9(25)32-17(6,15(28)29)22-13(27)11(14(22)34(5)30)20-12(26)10(21-31-3-8(23)24)7-4-33-16(18)19-7/h4-6,11,14H,2-3H2,1H3,(H2,18,19)(H,20,26)(H,23,24)(H,28,29)/b21-10-/t5-,6+,11-,14-,17-,34+/m1/s1. The highest BCUT2D eigenvalue weighted by atomic mass is 32.2. The molecule has 2 amide bonds. The number of aromatic nitrogens is 1. The summed E-state index contributed by atoms with van der Waals surface area (Å²) in [5.41, 5.74) is 2.67. The average Bonchev–Trinajstić information content (AvgIpc) is 3.34. The second kappa shape index (κ2) is 8.32. The Morgan fingerprint density at radius 2 is 2.15 bits per heavy atom. The minimum absolute atomic E-state index is 0.0688. The number of β-lactam (4-membered cyclic amide) rings is 1. The van der Waals surface area contributed by atoms with Crippen molar-refractivity contribution >= 4 is 62.7 Å². The Morgan fingerprint density at radius 1 is 1.44 bits per heavy atom. The number of amides is 2. The van der Waals surface area contributed by atoms with E-state index >= 15 is 0 Å². The number of nitrogens with zero attached hydrogens (tertiary/aromatic N) is 3. The van der Waals surface area contributed by atoms with Crippen LogP contribution in [-0.4, -0.2) is 88.7 Å². The number of carbonyl (C=O) groups excluding carboxylic acids is 3. The number of anilines is 1. The summed E-state index contributed by atoms with van der Waals surface area (Å²) in [5.74, 6) is -6.79. The summed E-state index contributed by atoms with van der Waals surface area (Å²) >= 11 is 0.958. The second-order valence-corrected chi connectivity index (χ2v) is 10.3. The molecule has 0 spiro atoms. The van der Waals surface area contributed by atoms with Crippen LogP contribution in [0.5, 0.6) is 0 Å². The van der Waals surface area contributed by atoms with Gasteiger partial charge in [0.25, 0.3) is 17.5 Å². The van der Waals surface area contributed by atoms with E-state index in [1.54, 1.807) is 0 Å². The van der Waals surface area contributed by atoms with E-state index in [4.69, 9.17) is 15.6 Å². The number of ether oxygens (including phenoxy) is 1. The Balaban J connectivity index is 1.62. The molecule has 1 aromatic heterocycles. The molecule has 0 aromatic carbocycles. The van der Waals surface area contributed by atoms with Crippen molar-refractivity contribution < 1.29 is 48.0 Å². The predicted molar refractivity (Wildman–Crippen MR) is 111 cm³/mol. The van der Waals surface area contributed by atoms with E-state index in [-0.39, 0.29) is 17.2 Å². The van der Waals surface area contributed by atoms with Crippen molar-refractivity contribution in [2.24, 2.45) is 11.1 Å². The third-order valence-electron chi connectivity index (χ3n) is 5.65. The maximum absolute atomic E-state index is 13.1. The van der Waals surface area contributed by atoms with E-state index in [0.717, 1.165) is 16.2 Å².